The van der Waals surface area contributed by atoms with E-state index in [1.165, 1.54) is 17.9 Å². The van der Waals surface area contributed by atoms with Crippen molar-refractivity contribution < 1.29 is 103 Å². The van der Waals surface area contributed by atoms with Gasteiger partial charge in [-0.3, -0.25) is 33.9 Å². The minimum atomic E-state index is -4.76. The first-order chi connectivity index (χ1) is 35.2. The number of aryl methyl sites for hydroxylation is 1. The molecule has 0 saturated carbocycles. The van der Waals surface area contributed by atoms with Crippen molar-refractivity contribution in [3.8, 4) is 6.07 Å². The smallest absolute Gasteiger partial charge is 0.668 e. The number of aromatic nitrogens is 4. The van der Waals surface area contributed by atoms with Crippen molar-refractivity contribution in [1.82, 2.24) is 35.3 Å². The Labute approximate surface area is 482 Å². The predicted octanol–water partition coefficient (Wildman–Crippen LogP) is 3.73. The molecule has 0 spiro atoms. The van der Waals surface area contributed by atoms with Gasteiger partial charge in [0, 0.05) is 55.6 Å². The van der Waals surface area contributed by atoms with Crippen LogP contribution >= 0.6 is 0 Å². The second-order valence-electron chi connectivity index (χ2n) is 19.4. The molecule has 3 aliphatic heterocycles. The van der Waals surface area contributed by atoms with Gasteiger partial charge < -0.3 is 47.9 Å². The van der Waals surface area contributed by atoms with Gasteiger partial charge in [-0.2, -0.15) is 18.4 Å². The maximum atomic E-state index is 14.8. The minimum Gasteiger partial charge on any atom is -0.668 e. The standard InChI is InChI=1S/C51H61F3N12O8.CH3.K/c1-31(2)45(61-44(68)11-8-10-40(56)67)47(70)58-32(3)46(69)59-36-14-12-33(13-15-36)27-74-49(72)65(19-9-16-55)41-22-35(50(28-73-29-50)24-43-62-57-30-63(43)4)23-42(60-41)66-26-38-37(48(66)71)20-34(21-39(38)51(52,53)54)25-64-17-6-5-7-18-64;;/h12-15,20-23,30-32,45H,5-11,17-19,24-29H2,1-4H3,(H5,56,58,59,61,67,68,69,70);1H3;/q;-1;+1/p-1. The molecule has 2 atom stereocenters. The maximum absolute atomic E-state index is 14.8. The third kappa shape index (κ3) is 15.2. The number of hydrogen-bond donors (Lipinski definition) is 3. The van der Waals surface area contributed by atoms with Gasteiger partial charge in [0.2, 0.25) is 17.7 Å². The van der Waals surface area contributed by atoms with Crippen LogP contribution in [0.2, 0.25) is 0 Å². The van der Waals surface area contributed by atoms with Crippen LogP contribution < -0.4 is 77.1 Å². The number of halogens is 3. The van der Waals surface area contributed by atoms with Crippen LogP contribution in [0.25, 0.3) is 5.73 Å². The number of alkyl halides is 3. The topological polar surface area (TPSA) is 258 Å². The largest absolute Gasteiger partial charge is 1.00 e. The number of piperidine rings is 1. The van der Waals surface area contributed by atoms with E-state index in [1.807, 2.05) is 6.07 Å². The molecule has 2 aromatic heterocycles. The van der Waals surface area contributed by atoms with E-state index < -0.39 is 71.4 Å². The molecule has 2 saturated heterocycles. The quantitative estimate of drug-likeness (QED) is 0.0795. The number of nitrogens with one attached hydrogen (secondary N) is 4. The summed E-state index contributed by atoms with van der Waals surface area (Å²) in [6, 6.07) is 12.3. The summed E-state index contributed by atoms with van der Waals surface area (Å²) < 4.78 is 57.8. The number of nitriles is 1. The molecule has 24 heteroatoms. The van der Waals surface area contributed by atoms with Crippen LogP contribution in [0.5, 0.6) is 0 Å². The summed E-state index contributed by atoms with van der Waals surface area (Å²) in [6.45, 7) is 6.13. The van der Waals surface area contributed by atoms with Crippen molar-refractivity contribution in [3.63, 3.8) is 0 Å². The Morgan fingerprint density at radius 2 is 1.68 bits per heavy atom. The molecule has 20 nitrogen and oxygen atoms in total. The molecule has 2 unspecified atom stereocenters. The van der Waals surface area contributed by atoms with E-state index in [1.54, 1.807) is 68.2 Å². The van der Waals surface area contributed by atoms with E-state index in [4.69, 9.17) is 20.2 Å². The number of rotatable bonds is 21. The van der Waals surface area contributed by atoms with Crippen LogP contribution in [0.3, 0.4) is 0 Å². The average molecular weight is 1080 g/mol. The molecule has 76 heavy (non-hydrogen) atoms. The second-order valence-corrected chi connectivity index (χ2v) is 19.4. The van der Waals surface area contributed by atoms with Crippen molar-refractivity contribution >= 4 is 53.0 Å². The number of pyridine rings is 1. The van der Waals surface area contributed by atoms with Crippen LogP contribution in [0.15, 0.2) is 54.9 Å². The number of amides is 6. The number of benzene rings is 2. The fourth-order valence-corrected chi connectivity index (χ4v) is 9.12. The summed E-state index contributed by atoms with van der Waals surface area (Å²) in [5.74, 6) is -2.86. The third-order valence-corrected chi connectivity index (χ3v) is 13.4. The molecule has 0 radical (unpaired) electrons. The Morgan fingerprint density at radius 1 is 0.974 bits per heavy atom. The molecular formula is C52H63F3KN12O8-. The molecule has 6 amide bonds. The fraction of sp³-hybridized carbons (Fsp3) is 0.481. The first-order valence-corrected chi connectivity index (χ1v) is 24.5. The summed E-state index contributed by atoms with van der Waals surface area (Å²) in [7, 11) is 1.78. The van der Waals surface area contributed by atoms with Gasteiger partial charge in [0.1, 0.15) is 42.5 Å². The number of hydrogen-bond acceptors (Lipinski definition) is 13. The van der Waals surface area contributed by atoms with Crippen LogP contribution in [-0.4, -0.2) is 105 Å². The summed E-state index contributed by atoms with van der Waals surface area (Å²) in [4.78, 5) is 87.3. The summed E-state index contributed by atoms with van der Waals surface area (Å²) in [5.41, 5.74) is 6.83. The second kappa shape index (κ2) is 27.0. The monoisotopic (exact) mass is 1080 g/mol. The zero-order chi connectivity index (χ0) is 53.3. The van der Waals surface area contributed by atoms with Crippen LogP contribution in [0, 0.1) is 24.7 Å². The average Bonchev–Trinajstić information content (AvgIpc) is 3.91. The van der Waals surface area contributed by atoms with Gasteiger partial charge in [-0.25, -0.2) is 9.78 Å². The van der Waals surface area contributed by atoms with Crippen molar-refractivity contribution in [1.29, 1.82) is 5.26 Å². The van der Waals surface area contributed by atoms with E-state index >= 15 is 0 Å². The number of anilines is 3. The molecule has 2 fully saturated rings. The summed E-state index contributed by atoms with van der Waals surface area (Å²) >= 11 is 0. The Kier molecular flexibility index (Phi) is 21.7. The molecule has 0 aliphatic carbocycles. The molecule has 3 aliphatic rings. The molecular weight excluding hydrogens is 1020 g/mol. The minimum absolute atomic E-state index is 0. The van der Waals surface area contributed by atoms with Gasteiger partial charge in [0.15, 0.2) is 0 Å². The SMILES string of the molecule is CC(NC(=O)C(NC(=O)CCCC([NH-])=O)C(C)C)C(=O)Nc1ccc(COC(=O)N(CCC#N)c2cc(C3(Cc4nncn4C)COC3)cc(N3Cc4c(cc(CN5CCCCC5)cc4C(F)(F)F)C3=O)n2)cc1.[CH3-].[K+]. The zero-order valence-electron chi connectivity index (χ0n) is 43.7. The van der Waals surface area contributed by atoms with E-state index in [-0.39, 0.29) is 146 Å². The predicted molar refractivity (Wildman–Crippen MR) is 269 cm³/mol. The van der Waals surface area contributed by atoms with Gasteiger partial charge >= 0.3 is 63.7 Å². The van der Waals surface area contributed by atoms with Crippen molar-refractivity contribution in [3.05, 3.63) is 107 Å². The van der Waals surface area contributed by atoms with Gasteiger partial charge in [-0.1, -0.05) is 32.4 Å². The van der Waals surface area contributed by atoms with Gasteiger partial charge in [0.25, 0.3) is 5.91 Å². The Balaban J connectivity index is 0.00000533. The molecule has 4 aromatic rings. The van der Waals surface area contributed by atoms with Crippen molar-refractivity contribution in [2.45, 2.75) is 116 Å². The Hall–Kier alpha value is -5.81. The molecule has 0 bridgehead atoms. The number of nitrogens with zero attached hydrogens (tertiary/aromatic N) is 8. The van der Waals surface area contributed by atoms with Gasteiger partial charge in [-0.15, -0.1) is 10.2 Å². The number of likely N-dealkylation sites (tertiary alicyclic amines) is 1. The van der Waals surface area contributed by atoms with Gasteiger partial charge in [-0.05, 0) is 110 Å². The molecule has 5 heterocycles. The van der Waals surface area contributed by atoms with Crippen molar-refractivity contribution in [2.24, 2.45) is 13.0 Å². The molecule has 402 valence electrons. The Morgan fingerprint density at radius 3 is 2.29 bits per heavy atom. The van der Waals surface area contributed by atoms with Crippen LogP contribution in [-0.2, 0) is 73.4 Å². The molecule has 4 N–H and O–H groups in total. The van der Waals surface area contributed by atoms with Gasteiger partial charge in [0.05, 0.1) is 37.8 Å². The van der Waals surface area contributed by atoms with E-state index in [0.717, 1.165) is 43.3 Å². The zero-order valence-corrected chi connectivity index (χ0v) is 46.8. The number of ether oxygens (including phenoxy) is 2. The number of carbonyl (C=O) groups is 6. The first-order valence-electron chi connectivity index (χ1n) is 24.5. The Bertz CT molecular complexity index is 2780. The fourth-order valence-electron chi connectivity index (χ4n) is 9.12. The summed E-state index contributed by atoms with van der Waals surface area (Å²) in [5, 5.41) is 25.9. The molecule has 7 rings (SSSR count). The van der Waals surface area contributed by atoms with Crippen molar-refractivity contribution in [2.75, 3.05) is 48.0 Å². The van der Waals surface area contributed by atoms with Crippen LogP contribution in [0.4, 0.5) is 35.3 Å². The normalized spacial score (nSPS) is 15.7. The van der Waals surface area contributed by atoms with E-state index in [2.05, 4.69) is 31.0 Å². The summed E-state index contributed by atoms with van der Waals surface area (Å²) in [6.07, 6.45) is -1.03. The number of carbonyl (C=O) groups excluding carboxylic acids is 6. The van der Waals surface area contributed by atoms with Crippen LogP contribution in [0.1, 0.15) is 110 Å². The number of fused-ring (bicyclic) bond motifs is 1. The van der Waals surface area contributed by atoms with E-state index in [9.17, 15) is 47.2 Å². The third-order valence-electron chi connectivity index (χ3n) is 13.4. The maximum Gasteiger partial charge on any atom is 1.00 e. The first kappa shape index (κ1) is 61.0. The van der Waals surface area contributed by atoms with E-state index in [0.29, 0.717) is 34.6 Å². The molecule has 2 aromatic carbocycles.